The summed E-state index contributed by atoms with van der Waals surface area (Å²) in [6, 6.07) is 7.34. The number of hydroxylamine groups is 1. The summed E-state index contributed by atoms with van der Waals surface area (Å²) in [6.07, 6.45) is 0. The molecule has 0 fully saturated rings. The highest BCUT2D eigenvalue weighted by Crippen LogP contribution is 2.20. The second-order valence-electron chi connectivity index (χ2n) is 2.01. The molecule has 0 saturated carbocycles. The Morgan fingerprint density at radius 1 is 1.40 bits per heavy atom. The molecule has 0 aliphatic rings. The van der Waals surface area contributed by atoms with E-state index in [-0.39, 0.29) is 0 Å². The Kier molecular flexibility index (Phi) is 2.19. The van der Waals surface area contributed by atoms with Crippen molar-refractivity contribution in [3.05, 3.63) is 24.3 Å². The molecule has 0 bridgehead atoms. The number of para-hydroxylation sites is 1. The van der Waals surface area contributed by atoms with Gasteiger partial charge in [0.2, 0.25) is 0 Å². The van der Waals surface area contributed by atoms with Crippen molar-refractivity contribution in [1.29, 1.82) is 0 Å². The Balaban J connectivity index is 3.03. The van der Waals surface area contributed by atoms with Gasteiger partial charge >= 0.3 is 0 Å². The van der Waals surface area contributed by atoms with Crippen LogP contribution in [0, 0.1) is 0 Å². The maximum atomic E-state index is 8.99. The van der Waals surface area contributed by atoms with E-state index in [1.54, 1.807) is 13.1 Å². The molecule has 1 rings (SSSR count). The average Bonchev–Trinajstić information content (AvgIpc) is 1.88. The van der Waals surface area contributed by atoms with Crippen molar-refractivity contribution < 1.29 is 5.21 Å². The highest BCUT2D eigenvalue weighted by atomic mass is 32.1. The number of hydrogen-bond donors (Lipinski definition) is 2. The van der Waals surface area contributed by atoms with Crippen molar-refractivity contribution in [1.82, 2.24) is 0 Å². The molecule has 3 heteroatoms. The van der Waals surface area contributed by atoms with Crippen molar-refractivity contribution in [3.8, 4) is 0 Å². The highest BCUT2D eigenvalue weighted by Gasteiger charge is 1.98. The molecule has 0 aliphatic carbocycles. The fourth-order valence-electron chi connectivity index (χ4n) is 0.738. The molecule has 0 saturated heterocycles. The summed E-state index contributed by atoms with van der Waals surface area (Å²) in [7, 11) is 1.56. The van der Waals surface area contributed by atoms with E-state index in [9.17, 15) is 0 Å². The highest BCUT2D eigenvalue weighted by molar-refractivity contribution is 7.80. The van der Waals surface area contributed by atoms with Gasteiger partial charge < -0.3 is 0 Å². The van der Waals surface area contributed by atoms with E-state index >= 15 is 0 Å². The first kappa shape index (κ1) is 7.44. The third kappa shape index (κ3) is 1.43. The van der Waals surface area contributed by atoms with E-state index in [0.29, 0.717) is 5.69 Å². The molecule has 0 spiro atoms. The van der Waals surface area contributed by atoms with Gasteiger partial charge in [-0.15, -0.1) is 12.6 Å². The summed E-state index contributed by atoms with van der Waals surface area (Å²) < 4.78 is 0. The summed E-state index contributed by atoms with van der Waals surface area (Å²) >= 11 is 4.14. The SMILES string of the molecule is CN(O)c1ccccc1S. The van der Waals surface area contributed by atoms with E-state index in [0.717, 1.165) is 9.96 Å². The normalized spacial score (nSPS) is 9.50. The van der Waals surface area contributed by atoms with Crippen LogP contribution in [0.5, 0.6) is 0 Å². The van der Waals surface area contributed by atoms with E-state index in [2.05, 4.69) is 12.6 Å². The zero-order chi connectivity index (χ0) is 7.56. The zero-order valence-corrected chi connectivity index (χ0v) is 6.55. The van der Waals surface area contributed by atoms with Gasteiger partial charge in [0.25, 0.3) is 0 Å². The predicted octanol–water partition coefficient (Wildman–Crippen LogP) is 1.80. The molecule has 0 aliphatic heterocycles. The fraction of sp³-hybridized carbons (Fsp3) is 0.143. The van der Waals surface area contributed by atoms with Crippen LogP contribution in [0.25, 0.3) is 0 Å². The number of benzene rings is 1. The number of thiol groups is 1. The molecule has 0 radical (unpaired) electrons. The van der Waals surface area contributed by atoms with Gasteiger partial charge in [-0.05, 0) is 12.1 Å². The summed E-state index contributed by atoms with van der Waals surface area (Å²) in [6.45, 7) is 0. The maximum absolute atomic E-state index is 8.99. The van der Waals surface area contributed by atoms with Crippen molar-refractivity contribution in [3.63, 3.8) is 0 Å². The summed E-state index contributed by atoms with van der Waals surface area (Å²) in [4.78, 5) is 0.771. The quantitative estimate of drug-likeness (QED) is 0.477. The maximum Gasteiger partial charge on any atom is 0.0763 e. The molecule has 0 unspecified atom stereocenters. The first-order valence-electron chi connectivity index (χ1n) is 2.92. The average molecular weight is 155 g/mol. The van der Waals surface area contributed by atoms with Crippen LogP contribution >= 0.6 is 12.6 Å². The Morgan fingerprint density at radius 3 is 2.40 bits per heavy atom. The van der Waals surface area contributed by atoms with E-state index in [4.69, 9.17) is 5.21 Å². The van der Waals surface area contributed by atoms with Gasteiger partial charge in [-0.2, -0.15) is 0 Å². The van der Waals surface area contributed by atoms with Gasteiger partial charge in [0.05, 0.1) is 5.69 Å². The van der Waals surface area contributed by atoms with Gasteiger partial charge in [0.15, 0.2) is 0 Å². The summed E-state index contributed by atoms with van der Waals surface area (Å²) in [5, 5.41) is 10.0. The van der Waals surface area contributed by atoms with Crippen LogP contribution in [-0.4, -0.2) is 12.3 Å². The third-order valence-corrected chi connectivity index (χ3v) is 1.61. The Hall–Kier alpha value is -0.670. The predicted molar refractivity (Wildman–Crippen MR) is 43.9 cm³/mol. The van der Waals surface area contributed by atoms with Crippen LogP contribution in [0.15, 0.2) is 29.2 Å². The molecular weight excluding hydrogens is 146 g/mol. The van der Waals surface area contributed by atoms with Crippen LogP contribution in [0.2, 0.25) is 0 Å². The molecule has 0 heterocycles. The Morgan fingerprint density at radius 2 is 2.00 bits per heavy atom. The van der Waals surface area contributed by atoms with Crippen molar-refractivity contribution in [2.24, 2.45) is 0 Å². The van der Waals surface area contributed by atoms with Gasteiger partial charge in [-0.3, -0.25) is 10.3 Å². The lowest BCUT2D eigenvalue weighted by molar-refractivity contribution is 0.277. The standard InChI is InChI=1S/C7H9NOS/c1-8(9)6-4-2-3-5-7(6)10/h2-5,9-10H,1H3. The molecule has 1 aromatic carbocycles. The van der Waals surface area contributed by atoms with Crippen molar-refractivity contribution in [2.75, 3.05) is 12.1 Å². The van der Waals surface area contributed by atoms with Crippen LogP contribution in [0.4, 0.5) is 5.69 Å². The van der Waals surface area contributed by atoms with Gasteiger partial charge in [0, 0.05) is 11.9 Å². The second-order valence-corrected chi connectivity index (χ2v) is 2.49. The lowest BCUT2D eigenvalue weighted by Crippen LogP contribution is -2.09. The van der Waals surface area contributed by atoms with Crippen LogP contribution in [-0.2, 0) is 0 Å². The Bertz CT molecular complexity index is 225. The number of hydrogen-bond acceptors (Lipinski definition) is 3. The molecular formula is C7H9NOS. The third-order valence-electron chi connectivity index (χ3n) is 1.23. The lowest BCUT2D eigenvalue weighted by atomic mass is 10.3. The molecule has 1 N–H and O–H groups in total. The lowest BCUT2D eigenvalue weighted by Gasteiger charge is -2.11. The van der Waals surface area contributed by atoms with E-state index in [1.807, 2.05) is 18.2 Å². The number of anilines is 1. The molecule has 2 nitrogen and oxygen atoms in total. The largest absolute Gasteiger partial charge is 0.289 e. The summed E-state index contributed by atoms with van der Waals surface area (Å²) in [5.41, 5.74) is 0.714. The minimum Gasteiger partial charge on any atom is -0.289 e. The van der Waals surface area contributed by atoms with Crippen LogP contribution in [0.3, 0.4) is 0 Å². The minimum absolute atomic E-state index is 0.714. The monoisotopic (exact) mass is 155 g/mol. The number of rotatable bonds is 1. The van der Waals surface area contributed by atoms with E-state index in [1.165, 1.54) is 0 Å². The smallest absolute Gasteiger partial charge is 0.0763 e. The second kappa shape index (κ2) is 2.94. The summed E-state index contributed by atoms with van der Waals surface area (Å²) in [5.74, 6) is 0. The van der Waals surface area contributed by atoms with Crippen LogP contribution in [0.1, 0.15) is 0 Å². The molecule has 1 aromatic rings. The zero-order valence-electron chi connectivity index (χ0n) is 5.65. The van der Waals surface area contributed by atoms with Gasteiger partial charge in [0.1, 0.15) is 0 Å². The van der Waals surface area contributed by atoms with Gasteiger partial charge in [-0.1, -0.05) is 12.1 Å². The first-order chi connectivity index (χ1) is 4.72. The number of nitrogens with zero attached hydrogens (tertiary/aromatic N) is 1. The molecule has 10 heavy (non-hydrogen) atoms. The van der Waals surface area contributed by atoms with E-state index < -0.39 is 0 Å². The molecule has 54 valence electrons. The minimum atomic E-state index is 0.714. The van der Waals surface area contributed by atoms with Crippen molar-refractivity contribution in [2.45, 2.75) is 4.90 Å². The topological polar surface area (TPSA) is 23.5 Å². The van der Waals surface area contributed by atoms with Gasteiger partial charge in [-0.25, -0.2) is 0 Å². The molecule has 0 aromatic heterocycles. The fourth-order valence-corrected chi connectivity index (χ4v) is 1.04. The first-order valence-corrected chi connectivity index (χ1v) is 3.37. The molecule has 0 amide bonds. The Labute approximate surface area is 65.5 Å². The van der Waals surface area contributed by atoms with Crippen molar-refractivity contribution >= 4 is 18.3 Å². The van der Waals surface area contributed by atoms with Crippen LogP contribution < -0.4 is 5.06 Å². The molecule has 0 atom stereocenters.